The van der Waals surface area contributed by atoms with Crippen molar-refractivity contribution in [2.75, 3.05) is 5.75 Å². The van der Waals surface area contributed by atoms with Crippen molar-refractivity contribution < 1.29 is 24.7 Å². The number of ketones is 1. The van der Waals surface area contributed by atoms with Gasteiger partial charge in [0.15, 0.2) is 5.78 Å². The molecular formula is C23H19NO5S. The zero-order valence-corrected chi connectivity index (χ0v) is 16.7. The van der Waals surface area contributed by atoms with Crippen molar-refractivity contribution in [2.24, 2.45) is 0 Å². The molecule has 0 spiro atoms. The van der Waals surface area contributed by atoms with Gasteiger partial charge in [-0.2, -0.15) is 0 Å². The van der Waals surface area contributed by atoms with Gasteiger partial charge < -0.3 is 5.11 Å². The number of hydroxylamine groups is 2. The molecule has 0 saturated heterocycles. The number of hydrogen-bond donors (Lipinski definition) is 2. The van der Waals surface area contributed by atoms with E-state index in [1.807, 2.05) is 0 Å². The fraction of sp³-hybridized carbons (Fsp3) is 0.0870. The molecule has 0 atom stereocenters. The minimum atomic E-state index is -1.03. The van der Waals surface area contributed by atoms with E-state index in [2.05, 4.69) is 0 Å². The van der Waals surface area contributed by atoms with Crippen LogP contribution in [-0.4, -0.2) is 38.8 Å². The van der Waals surface area contributed by atoms with Crippen LogP contribution in [0.5, 0.6) is 0 Å². The Bertz CT molecular complexity index is 1050. The van der Waals surface area contributed by atoms with E-state index in [1.165, 1.54) is 17.8 Å². The summed E-state index contributed by atoms with van der Waals surface area (Å²) >= 11 is 1.17. The third-order valence-electron chi connectivity index (χ3n) is 4.34. The minimum absolute atomic E-state index is 0.0110. The van der Waals surface area contributed by atoms with Crippen molar-refractivity contribution >= 4 is 29.4 Å². The first kappa shape index (κ1) is 21.3. The van der Waals surface area contributed by atoms with Crippen LogP contribution in [0.4, 0.5) is 0 Å². The molecule has 2 N–H and O–H groups in total. The van der Waals surface area contributed by atoms with Gasteiger partial charge in [-0.3, -0.25) is 14.8 Å². The van der Waals surface area contributed by atoms with Gasteiger partial charge in [-0.1, -0.05) is 54.6 Å². The van der Waals surface area contributed by atoms with E-state index in [1.54, 1.807) is 72.8 Å². The lowest BCUT2D eigenvalue weighted by Crippen LogP contribution is -2.26. The van der Waals surface area contributed by atoms with E-state index >= 15 is 0 Å². The fourth-order valence-electron chi connectivity index (χ4n) is 2.77. The Kier molecular flexibility index (Phi) is 7.00. The third kappa shape index (κ3) is 5.34. The Morgan fingerprint density at radius 1 is 0.800 bits per heavy atom. The van der Waals surface area contributed by atoms with Gasteiger partial charge in [-0.25, -0.2) is 9.86 Å². The summed E-state index contributed by atoms with van der Waals surface area (Å²) < 4.78 is 0. The molecule has 0 heterocycles. The molecule has 0 aliphatic carbocycles. The van der Waals surface area contributed by atoms with Gasteiger partial charge in [-0.05, 0) is 29.8 Å². The number of rotatable bonds is 8. The molecule has 6 nitrogen and oxygen atoms in total. The molecule has 0 aliphatic heterocycles. The molecule has 3 aromatic carbocycles. The summed E-state index contributed by atoms with van der Waals surface area (Å²) in [4.78, 5) is 36.4. The first-order valence-electron chi connectivity index (χ1n) is 9.09. The average Bonchev–Trinajstić information content (AvgIpc) is 2.78. The van der Waals surface area contributed by atoms with Crippen molar-refractivity contribution in [3.63, 3.8) is 0 Å². The average molecular weight is 421 g/mol. The molecule has 0 saturated carbocycles. The standard InChI is InChI=1S/C23H19NO5S/c25-20(15-30-21-9-5-4-8-19(21)23(27)28)17-12-10-16(11-13-17)14-24(29)22(26)18-6-2-1-3-7-18/h1-13,29H,14-15H2,(H,27,28). The molecule has 0 radical (unpaired) electrons. The maximum absolute atomic E-state index is 12.4. The van der Waals surface area contributed by atoms with Crippen LogP contribution in [0.25, 0.3) is 0 Å². The van der Waals surface area contributed by atoms with E-state index < -0.39 is 11.9 Å². The second-order valence-corrected chi connectivity index (χ2v) is 7.46. The number of thioether (sulfide) groups is 1. The van der Waals surface area contributed by atoms with Crippen molar-refractivity contribution in [3.05, 3.63) is 101 Å². The summed E-state index contributed by atoms with van der Waals surface area (Å²) in [6.45, 7) is -0.0110. The molecule has 0 bridgehead atoms. The van der Waals surface area contributed by atoms with Crippen LogP contribution in [-0.2, 0) is 6.54 Å². The SMILES string of the molecule is O=C(CSc1ccccc1C(=O)O)c1ccc(CN(O)C(=O)c2ccccc2)cc1. The first-order chi connectivity index (χ1) is 14.5. The van der Waals surface area contributed by atoms with Crippen LogP contribution < -0.4 is 0 Å². The zero-order chi connectivity index (χ0) is 21.5. The summed E-state index contributed by atoms with van der Waals surface area (Å²) in [6, 6.07) is 21.6. The molecule has 3 rings (SSSR count). The maximum atomic E-state index is 12.4. The Morgan fingerprint density at radius 2 is 1.43 bits per heavy atom. The Labute approximate surface area is 177 Å². The van der Waals surface area contributed by atoms with E-state index in [0.29, 0.717) is 26.6 Å². The predicted octanol–water partition coefficient (Wildman–Crippen LogP) is 4.39. The van der Waals surface area contributed by atoms with Crippen LogP contribution in [0.2, 0.25) is 0 Å². The number of Topliss-reactive ketones (excluding diaryl/α,β-unsaturated/α-hetero) is 1. The number of carboxylic acid groups (broad SMARTS) is 1. The van der Waals surface area contributed by atoms with Crippen molar-refractivity contribution in [1.82, 2.24) is 5.06 Å². The van der Waals surface area contributed by atoms with Gasteiger partial charge in [0.05, 0.1) is 17.9 Å². The van der Waals surface area contributed by atoms with Crippen LogP contribution in [0, 0.1) is 0 Å². The number of benzene rings is 3. The Balaban J connectivity index is 1.59. The topological polar surface area (TPSA) is 94.9 Å². The van der Waals surface area contributed by atoms with Crippen molar-refractivity contribution in [1.29, 1.82) is 0 Å². The highest BCUT2D eigenvalue weighted by Gasteiger charge is 2.15. The normalized spacial score (nSPS) is 10.4. The van der Waals surface area contributed by atoms with Crippen LogP contribution in [0.3, 0.4) is 0 Å². The van der Waals surface area contributed by atoms with E-state index in [0.717, 1.165) is 0 Å². The van der Waals surface area contributed by atoms with E-state index in [-0.39, 0.29) is 23.6 Å². The number of hydrogen-bond acceptors (Lipinski definition) is 5. The highest BCUT2D eigenvalue weighted by atomic mass is 32.2. The number of nitrogens with zero attached hydrogens (tertiary/aromatic N) is 1. The molecule has 152 valence electrons. The number of aromatic carboxylic acids is 1. The van der Waals surface area contributed by atoms with Gasteiger partial charge in [0.2, 0.25) is 0 Å². The summed E-state index contributed by atoms with van der Waals surface area (Å²) in [5.74, 6) is -1.59. The monoisotopic (exact) mass is 421 g/mol. The van der Waals surface area contributed by atoms with Gasteiger partial charge in [0, 0.05) is 16.0 Å². The summed E-state index contributed by atoms with van der Waals surface area (Å²) in [5, 5.41) is 19.9. The van der Waals surface area contributed by atoms with Crippen molar-refractivity contribution in [3.8, 4) is 0 Å². The van der Waals surface area contributed by atoms with Gasteiger partial charge in [0.25, 0.3) is 5.91 Å². The fourth-order valence-corrected chi connectivity index (χ4v) is 3.71. The predicted molar refractivity (Wildman–Crippen MR) is 113 cm³/mol. The van der Waals surface area contributed by atoms with Gasteiger partial charge >= 0.3 is 5.97 Å². The summed E-state index contributed by atoms with van der Waals surface area (Å²) in [5.41, 5.74) is 1.68. The van der Waals surface area contributed by atoms with Crippen LogP contribution in [0.1, 0.15) is 36.6 Å². The molecular weight excluding hydrogens is 402 g/mol. The Morgan fingerprint density at radius 3 is 2.10 bits per heavy atom. The smallest absolute Gasteiger partial charge is 0.336 e. The second-order valence-electron chi connectivity index (χ2n) is 6.44. The van der Waals surface area contributed by atoms with Crippen LogP contribution >= 0.6 is 11.8 Å². The highest BCUT2D eigenvalue weighted by Crippen LogP contribution is 2.24. The number of carboxylic acids is 1. The molecule has 3 aromatic rings. The van der Waals surface area contributed by atoms with Crippen LogP contribution in [0.15, 0.2) is 83.8 Å². The highest BCUT2D eigenvalue weighted by molar-refractivity contribution is 8.00. The molecule has 1 amide bonds. The first-order valence-corrected chi connectivity index (χ1v) is 10.1. The molecule has 0 aromatic heterocycles. The maximum Gasteiger partial charge on any atom is 0.336 e. The lowest BCUT2D eigenvalue weighted by Gasteiger charge is -2.15. The summed E-state index contributed by atoms with van der Waals surface area (Å²) in [6.07, 6.45) is 0. The quantitative estimate of drug-likeness (QED) is 0.242. The minimum Gasteiger partial charge on any atom is -0.478 e. The second kappa shape index (κ2) is 9.87. The van der Waals surface area contributed by atoms with Gasteiger partial charge in [-0.15, -0.1) is 11.8 Å². The van der Waals surface area contributed by atoms with Gasteiger partial charge in [0.1, 0.15) is 0 Å². The molecule has 0 unspecified atom stereocenters. The number of carbonyl (C=O) groups excluding carboxylic acids is 2. The van der Waals surface area contributed by atoms with E-state index in [4.69, 9.17) is 0 Å². The summed E-state index contributed by atoms with van der Waals surface area (Å²) in [7, 11) is 0. The lowest BCUT2D eigenvalue weighted by molar-refractivity contribution is -0.0648. The van der Waals surface area contributed by atoms with Crippen molar-refractivity contribution in [2.45, 2.75) is 11.4 Å². The number of amides is 1. The molecule has 0 fully saturated rings. The Hall–Kier alpha value is -3.42. The zero-order valence-electron chi connectivity index (χ0n) is 15.9. The molecule has 0 aliphatic rings. The third-order valence-corrected chi connectivity index (χ3v) is 5.41. The largest absolute Gasteiger partial charge is 0.478 e. The molecule has 7 heteroatoms. The van der Waals surface area contributed by atoms with E-state index in [9.17, 15) is 24.7 Å². The number of carbonyl (C=O) groups is 3. The molecule has 30 heavy (non-hydrogen) atoms. The lowest BCUT2D eigenvalue weighted by atomic mass is 10.1.